The molecule has 1 aliphatic heterocycles. The first-order chi connectivity index (χ1) is 13.9. The maximum Gasteiger partial charge on any atom is 0.254 e. The molecular formula is C21H24F2N2O3S. The molecule has 0 spiro atoms. The lowest BCUT2D eigenvalue weighted by Crippen LogP contribution is -2.31. The standard InChI is InChI=1S/C21H24F2N2O3S/c22-17-7-10-19(20(23)15-17)21(26)24-12-11-16-5-8-18(9-6-16)29(27,28)25-13-3-1-2-4-14-25/h5-10,15H,1-4,11-14H2,(H,24,26). The number of carbonyl (C=O) groups is 1. The van der Waals surface area contributed by atoms with Crippen molar-refractivity contribution in [2.45, 2.75) is 37.0 Å². The van der Waals surface area contributed by atoms with Gasteiger partial charge in [0.05, 0.1) is 10.5 Å². The Balaban J connectivity index is 1.57. The molecular weight excluding hydrogens is 398 g/mol. The van der Waals surface area contributed by atoms with Crippen LogP contribution in [0.1, 0.15) is 41.6 Å². The van der Waals surface area contributed by atoms with Crippen LogP contribution in [-0.2, 0) is 16.4 Å². The molecule has 1 N–H and O–H groups in total. The van der Waals surface area contributed by atoms with Gasteiger partial charge in [0, 0.05) is 25.7 Å². The van der Waals surface area contributed by atoms with Crippen molar-refractivity contribution in [2.24, 2.45) is 0 Å². The number of hydrogen-bond acceptors (Lipinski definition) is 3. The first kappa shape index (κ1) is 21.4. The van der Waals surface area contributed by atoms with Crippen molar-refractivity contribution in [2.75, 3.05) is 19.6 Å². The Morgan fingerprint density at radius 3 is 2.24 bits per heavy atom. The third-order valence-corrected chi connectivity index (χ3v) is 6.91. The van der Waals surface area contributed by atoms with Crippen LogP contribution in [0, 0.1) is 11.6 Å². The van der Waals surface area contributed by atoms with Gasteiger partial charge in [0.25, 0.3) is 5.91 Å². The molecule has 5 nitrogen and oxygen atoms in total. The molecule has 0 radical (unpaired) electrons. The van der Waals surface area contributed by atoms with E-state index in [4.69, 9.17) is 0 Å². The van der Waals surface area contributed by atoms with Crippen molar-refractivity contribution in [1.29, 1.82) is 0 Å². The lowest BCUT2D eigenvalue weighted by molar-refractivity contribution is 0.0950. The van der Waals surface area contributed by atoms with Crippen LogP contribution in [0.3, 0.4) is 0 Å². The summed E-state index contributed by atoms with van der Waals surface area (Å²) >= 11 is 0. The van der Waals surface area contributed by atoms with Crippen LogP contribution in [0.2, 0.25) is 0 Å². The highest BCUT2D eigenvalue weighted by atomic mass is 32.2. The molecule has 3 rings (SSSR count). The Kier molecular flexibility index (Phi) is 6.97. The van der Waals surface area contributed by atoms with E-state index in [-0.39, 0.29) is 17.0 Å². The van der Waals surface area contributed by atoms with E-state index >= 15 is 0 Å². The number of sulfonamides is 1. The van der Waals surface area contributed by atoms with E-state index in [0.29, 0.717) is 25.6 Å². The zero-order valence-corrected chi connectivity index (χ0v) is 16.9. The SMILES string of the molecule is O=C(NCCc1ccc(S(=O)(=O)N2CCCCCC2)cc1)c1ccc(F)cc1F. The van der Waals surface area contributed by atoms with Crippen LogP contribution < -0.4 is 5.32 Å². The quantitative estimate of drug-likeness (QED) is 0.775. The number of benzene rings is 2. The third-order valence-electron chi connectivity index (χ3n) is 5.00. The Morgan fingerprint density at radius 1 is 0.966 bits per heavy atom. The van der Waals surface area contributed by atoms with Crippen LogP contribution >= 0.6 is 0 Å². The largest absolute Gasteiger partial charge is 0.352 e. The summed E-state index contributed by atoms with van der Waals surface area (Å²) in [5.74, 6) is -2.28. The van der Waals surface area contributed by atoms with Gasteiger partial charge in [0.2, 0.25) is 10.0 Å². The van der Waals surface area contributed by atoms with Gasteiger partial charge < -0.3 is 5.32 Å². The minimum absolute atomic E-state index is 0.217. The smallest absolute Gasteiger partial charge is 0.254 e. The Morgan fingerprint density at radius 2 is 1.62 bits per heavy atom. The highest BCUT2D eigenvalue weighted by molar-refractivity contribution is 7.89. The zero-order chi connectivity index (χ0) is 20.9. The number of halogens is 2. The van der Waals surface area contributed by atoms with Crippen LogP contribution in [-0.4, -0.2) is 38.3 Å². The summed E-state index contributed by atoms with van der Waals surface area (Å²) in [6.07, 6.45) is 4.33. The van der Waals surface area contributed by atoms with Crippen molar-refractivity contribution in [3.63, 3.8) is 0 Å². The Labute approximate surface area is 169 Å². The molecule has 0 aliphatic carbocycles. The second-order valence-corrected chi connectivity index (χ2v) is 9.03. The first-order valence-electron chi connectivity index (χ1n) is 9.70. The lowest BCUT2D eigenvalue weighted by Gasteiger charge is -2.20. The van der Waals surface area contributed by atoms with Crippen molar-refractivity contribution >= 4 is 15.9 Å². The molecule has 1 aliphatic rings. The van der Waals surface area contributed by atoms with Crippen LogP contribution in [0.4, 0.5) is 8.78 Å². The molecule has 0 unspecified atom stereocenters. The zero-order valence-electron chi connectivity index (χ0n) is 16.0. The first-order valence-corrected chi connectivity index (χ1v) is 11.1. The number of carbonyl (C=O) groups excluding carboxylic acids is 1. The molecule has 0 atom stereocenters. The van der Waals surface area contributed by atoms with Crippen molar-refractivity contribution in [3.05, 3.63) is 65.2 Å². The second-order valence-electron chi connectivity index (χ2n) is 7.09. The van der Waals surface area contributed by atoms with Crippen molar-refractivity contribution < 1.29 is 22.0 Å². The molecule has 1 fully saturated rings. The molecule has 2 aromatic rings. The minimum atomic E-state index is -3.49. The average molecular weight is 422 g/mol. The van der Waals surface area contributed by atoms with E-state index in [1.165, 1.54) is 0 Å². The van der Waals surface area contributed by atoms with E-state index in [2.05, 4.69) is 5.32 Å². The van der Waals surface area contributed by atoms with E-state index in [1.54, 1.807) is 28.6 Å². The van der Waals surface area contributed by atoms with Gasteiger partial charge >= 0.3 is 0 Å². The summed E-state index contributed by atoms with van der Waals surface area (Å²) in [5.41, 5.74) is 0.630. The summed E-state index contributed by atoms with van der Waals surface area (Å²) in [4.78, 5) is 12.3. The van der Waals surface area contributed by atoms with E-state index in [0.717, 1.165) is 43.4 Å². The Hall–Kier alpha value is -2.32. The fourth-order valence-electron chi connectivity index (χ4n) is 3.35. The van der Waals surface area contributed by atoms with Crippen molar-refractivity contribution in [1.82, 2.24) is 9.62 Å². The van der Waals surface area contributed by atoms with E-state index in [9.17, 15) is 22.0 Å². The molecule has 29 heavy (non-hydrogen) atoms. The summed E-state index contributed by atoms with van der Waals surface area (Å²) in [6.45, 7) is 1.35. The summed E-state index contributed by atoms with van der Waals surface area (Å²) in [7, 11) is -3.49. The highest BCUT2D eigenvalue weighted by Gasteiger charge is 2.24. The molecule has 2 aromatic carbocycles. The predicted octanol–water partition coefficient (Wildman–Crippen LogP) is 3.50. The van der Waals surface area contributed by atoms with E-state index < -0.39 is 27.6 Å². The number of amides is 1. The average Bonchev–Trinajstić information content (AvgIpc) is 2.98. The predicted molar refractivity (Wildman–Crippen MR) is 106 cm³/mol. The highest BCUT2D eigenvalue weighted by Crippen LogP contribution is 2.20. The van der Waals surface area contributed by atoms with Gasteiger partial charge in [-0.3, -0.25) is 4.79 Å². The normalized spacial score (nSPS) is 15.7. The molecule has 1 saturated heterocycles. The summed E-state index contributed by atoms with van der Waals surface area (Å²) in [6, 6.07) is 9.39. The number of rotatable bonds is 6. The molecule has 156 valence electrons. The van der Waals surface area contributed by atoms with Gasteiger partial charge in [-0.05, 0) is 49.1 Å². The van der Waals surface area contributed by atoms with Crippen LogP contribution in [0.15, 0.2) is 47.4 Å². The second kappa shape index (κ2) is 9.45. The topological polar surface area (TPSA) is 66.5 Å². The van der Waals surface area contributed by atoms with Gasteiger partial charge in [-0.15, -0.1) is 0 Å². The van der Waals surface area contributed by atoms with Gasteiger partial charge in [0.15, 0.2) is 0 Å². The fraction of sp³-hybridized carbons (Fsp3) is 0.381. The number of hydrogen-bond donors (Lipinski definition) is 1. The molecule has 8 heteroatoms. The summed E-state index contributed by atoms with van der Waals surface area (Å²) in [5, 5.41) is 2.58. The number of nitrogens with zero attached hydrogens (tertiary/aromatic N) is 1. The molecule has 0 bridgehead atoms. The molecule has 1 heterocycles. The minimum Gasteiger partial charge on any atom is -0.352 e. The third kappa shape index (κ3) is 5.39. The van der Waals surface area contributed by atoms with Crippen molar-refractivity contribution in [3.8, 4) is 0 Å². The van der Waals surface area contributed by atoms with Gasteiger partial charge in [-0.25, -0.2) is 17.2 Å². The molecule has 0 aromatic heterocycles. The monoisotopic (exact) mass is 422 g/mol. The maximum absolute atomic E-state index is 13.6. The molecule has 1 amide bonds. The van der Waals surface area contributed by atoms with Gasteiger partial charge in [-0.2, -0.15) is 4.31 Å². The van der Waals surface area contributed by atoms with Crippen LogP contribution in [0.25, 0.3) is 0 Å². The lowest BCUT2D eigenvalue weighted by atomic mass is 10.1. The van der Waals surface area contributed by atoms with Gasteiger partial charge in [-0.1, -0.05) is 25.0 Å². The van der Waals surface area contributed by atoms with Gasteiger partial charge in [0.1, 0.15) is 11.6 Å². The Bertz CT molecular complexity index is 954. The molecule has 0 saturated carbocycles. The fourth-order valence-corrected chi connectivity index (χ4v) is 4.87. The maximum atomic E-state index is 13.6. The van der Waals surface area contributed by atoms with Crippen LogP contribution in [0.5, 0.6) is 0 Å². The summed E-state index contributed by atoms with van der Waals surface area (Å²) < 4.78 is 53.6. The van der Waals surface area contributed by atoms with E-state index in [1.807, 2.05) is 0 Å². The number of nitrogens with one attached hydrogen (secondary N) is 1.